The number of rotatable bonds is 2. The van der Waals surface area contributed by atoms with Crippen LogP contribution < -0.4 is 10.5 Å². The van der Waals surface area contributed by atoms with Crippen LogP contribution in [0.5, 0.6) is 11.6 Å². The molecule has 2 N–H and O–H groups in total. The number of ether oxygens (including phenoxy) is 1. The lowest BCUT2D eigenvalue weighted by molar-refractivity contribution is 0.457. The number of aryl methyl sites for hydroxylation is 3. The van der Waals surface area contributed by atoms with Crippen LogP contribution in [-0.2, 0) is 0 Å². The van der Waals surface area contributed by atoms with E-state index >= 15 is 0 Å². The maximum absolute atomic E-state index is 5.84. The first kappa shape index (κ1) is 12.4. The first-order chi connectivity index (χ1) is 8.47. The molecule has 2 aromatic rings. The molecule has 0 spiro atoms. The summed E-state index contributed by atoms with van der Waals surface area (Å²) < 4.78 is 5.84. The predicted octanol–water partition coefficient (Wildman–Crippen LogP) is 3.69. The molecule has 1 aromatic carbocycles. The van der Waals surface area contributed by atoms with Crippen LogP contribution in [0, 0.1) is 27.7 Å². The summed E-state index contributed by atoms with van der Waals surface area (Å²) in [7, 11) is 0. The van der Waals surface area contributed by atoms with E-state index in [9.17, 15) is 0 Å². The molecule has 94 valence electrons. The van der Waals surface area contributed by atoms with Crippen LogP contribution in [0.15, 0.2) is 24.3 Å². The molecule has 0 unspecified atom stereocenters. The topological polar surface area (TPSA) is 48.1 Å². The Morgan fingerprint density at radius 1 is 1.06 bits per heavy atom. The lowest BCUT2D eigenvalue weighted by atomic mass is 10.1. The van der Waals surface area contributed by atoms with E-state index in [0.29, 0.717) is 11.6 Å². The molecule has 0 radical (unpaired) electrons. The lowest BCUT2D eigenvalue weighted by Gasteiger charge is -2.12. The molecule has 0 amide bonds. The molecule has 0 bridgehead atoms. The van der Waals surface area contributed by atoms with Gasteiger partial charge in [0.2, 0.25) is 5.88 Å². The van der Waals surface area contributed by atoms with Gasteiger partial charge in [-0.25, -0.2) is 4.98 Å². The van der Waals surface area contributed by atoms with Crippen LogP contribution >= 0.6 is 0 Å². The van der Waals surface area contributed by atoms with Crippen molar-refractivity contribution in [1.82, 2.24) is 4.98 Å². The maximum atomic E-state index is 5.84. The van der Waals surface area contributed by atoms with E-state index in [1.807, 2.05) is 26.0 Å². The minimum absolute atomic E-state index is 0.579. The minimum atomic E-state index is 0.579. The molecule has 3 heteroatoms. The Morgan fingerprint density at radius 2 is 1.78 bits per heavy atom. The second kappa shape index (κ2) is 4.69. The average Bonchev–Trinajstić information content (AvgIpc) is 2.30. The van der Waals surface area contributed by atoms with E-state index in [4.69, 9.17) is 10.5 Å². The highest BCUT2D eigenvalue weighted by Crippen LogP contribution is 2.28. The monoisotopic (exact) mass is 242 g/mol. The third-order valence-electron chi connectivity index (χ3n) is 3.08. The van der Waals surface area contributed by atoms with Gasteiger partial charge in [-0.2, -0.15) is 0 Å². The lowest BCUT2D eigenvalue weighted by Crippen LogP contribution is -1.97. The summed E-state index contributed by atoms with van der Waals surface area (Å²) in [6.45, 7) is 8.06. The Morgan fingerprint density at radius 3 is 2.44 bits per heavy atom. The van der Waals surface area contributed by atoms with Crippen LogP contribution in [0.3, 0.4) is 0 Å². The second-order valence-corrected chi connectivity index (χ2v) is 4.63. The number of nitrogen functional groups attached to an aromatic ring is 1. The highest BCUT2D eigenvalue weighted by molar-refractivity contribution is 5.46. The van der Waals surface area contributed by atoms with Gasteiger partial charge in [0.25, 0.3) is 0 Å². The number of benzene rings is 1. The zero-order chi connectivity index (χ0) is 13.3. The predicted molar refractivity (Wildman–Crippen MR) is 74.1 cm³/mol. The van der Waals surface area contributed by atoms with Gasteiger partial charge in [-0.1, -0.05) is 6.07 Å². The molecule has 0 aliphatic rings. The molecule has 0 fully saturated rings. The molecule has 0 aliphatic carbocycles. The Labute approximate surface area is 108 Å². The van der Waals surface area contributed by atoms with Crippen molar-refractivity contribution in [2.24, 2.45) is 0 Å². The molecular weight excluding hydrogens is 224 g/mol. The Hall–Kier alpha value is -2.03. The van der Waals surface area contributed by atoms with Gasteiger partial charge >= 0.3 is 0 Å². The highest BCUT2D eigenvalue weighted by atomic mass is 16.5. The molecule has 0 saturated carbocycles. The molecular formula is C15H18N2O. The van der Waals surface area contributed by atoms with Crippen molar-refractivity contribution in [3.8, 4) is 11.6 Å². The van der Waals surface area contributed by atoms with E-state index in [1.165, 1.54) is 11.1 Å². The van der Waals surface area contributed by atoms with Crippen molar-refractivity contribution in [1.29, 1.82) is 0 Å². The second-order valence-electron chi connectivity index (χ2n) is 4.63. The Kier molecular flexibility index (Phi) is 3.24. The quantitative estimate of drug-likeness (QED) is 0.873. The normalized spacial score (nSPS) is 10.4. The SMILES string of the molecule is Cc1cc(C)c(C)c(Oc2ccc(N)c(C)n2)c1. The van der Waals surface area contributed by atoms with Crippen molar-refractivity contribution in [3.05, 3.63) is 46.6 Å². The van der Waals surface area contributed by atoms with Gasteiger partial charge in [-0.3, -0.25) is 0 Å². The standard InChI is InChI=1S/C15H18N2O/c1-9-7-10(2)11(3)14(8-9)18-15-6-5-13(16)12(4)17-15/h5-8H,16H2,1-4H3. The molecule has 1 heterocycles. The first-order valence-corrected chi connectivity index (χ1v) is 5.96. The minimum Gasteiger partial charge on any atom is -0.439 e. The van der Waals surface area contributed by atoms with E-state index in [-0.39, 0.29) is 0 Å². The summed E-state index contributed by atoms with van der Waals surface area (Å²) in [6, 6.07) is 7.77. The van der Waals surface area contributed by atoms with Crippen LogP contribution in [0.1, 0.15) is 22.4 Å². The third kappa shape index (κ3) is 2.45. The van der Waals surface area contributed by atoms with E-state index in [2.05, 4.69) is 24.9 Å². The van der Waals surface area contributed by atoms with Gasteiger partial charge in [0, 0.05) is 6.07 Å². The number of nitrogens with two attached hydrogens (primary N) is 1. The summed E-state index contributed by atoms with van der Waals surface area (Å²) in [6.07, 6.45) is 0. The van der Waals surface area contributed by atoms with Crippen LogP contribution in [0.25, 0.3) is 0 Å². The van der Waals surface area contributed by atoms with E-state index in [0.717, 1.165) is 17.0 Å². The largest absolute Gasteiger partial charge is 0.439 e. The summed E-state index contributed by atoms with van der Waals surface area (Å²) >= 11 is 0. The molecule has 18 heavy (non-hydrogen) atoms. The van der Waals surface area contributed by atoms with Crippen molar-refractivity contribution in [3.63, 3.8) is 0 Å². The van der Waals surface area contributed by atoms with Gasteiger partial charge in [-0.15, -0.1) is 0 Å². The number of nitrogens with zero attached hydrogens (tertiary/aromatic N) is 1. The van der Waals surface area contributed by atoms with E-state index < -0.39 is 0 Å². The number of hydrogen-bond donors (Lipinski definition) is 1. The van der Waals surface area contributed by atoms with Gasteiger partial charge < -0.3 is 10.5 Å². The first-order valence-electron chi connectivity index (χ1n) is 5.96. The molecule has 3 nitrogen and oxygen atoms in total. The average molecular weight is 242 g/mol. The fourth-order valence-corrected chi connectivity index (χ4v) is 1.83. The molecule has 1 aromatic heterocycles. The Balaban J connectivity index is 2.36. The van der Waals surface area contributed by atoms with Gasteiger partial charge in [0.05, 0.1) is 11.4 Å². The van der Waals surface area contributed by atoms with Gasteiger partial charge in [0.1, 0.15) is 5.75 Å². The van der Waals surface area contributed by atoms with Crippen LogP contribution in [0.2, 0.25) is 0 Å². The summed E-state index contributed by atoms with van der Waals surface area (Å²) in [4.78, 5) is 4.32. The van der Waals surface area contributed by atoms with Crippen molar-refractivity contribution in [2.75, 3.05) is 5.73 Å². The van der Waals surface area contributed by atoms with Crippen LogP contribution in [0.4, 0.5) is 5.69 Å². The van der Waals surface area contributed by atoms with Gasteiger partial charge in [0.15, 0.2) is 0 Å². The number of pyridine rings is 1. The molecule has 0 saturated heterocycles. The maximum Gasteiger partial charge on any atom is 0.219 e. The Bertz CT molecular complexity index is 591. The highest BCUT2D eigenvalue weighted by Gasteiger charge is 2.07. The molecule has 0 aliphatic heterocycles. The molecule has 0 atom stereocenters. The number of aromatic nitrogens is 1. The zero-order valence-corrected chi connectivity index (χ0v) is 11.2. The van der Waals surface area contributed by atoms with E-state index in [1.54, 1.807) is 6.07 Å². The van der Waals surface area contributed by atoms with Gasteiger partial charge in [-0.05, 0) is 56.5 Å². The fourth-order valence-electron chi connectivity index (χ4n) is 1.83. The van der Waals surface area contributed by atoms with Crippen molar-refractivity contribution >= 4 is 5.69 Å². The summed E-state index contributed by atoms with van der Waals surface area (Å²) in [5, 5.41) is 0. The summed E-state index contributed by atoms with van der Waals surface area (Å²) in [5.74, 6) is 1.43. The summed E-state index contributed by atoms with van der Waals surface area (Å²) in [5.41, 5.74) is 10.7. The molecule has 2 rings (SSSR count). The fraction of sp³-hybridized carbons (Fsp3) is 0.267. The zero-order valence-electron chi connectivity index (χ0n) is 11.2. The van der Waals surface area contributed by atoms with Crippen LogP contribution in [-0.4, -0.2) is 4.98 Å². The smallest absolute Gasteiger partial charge is 0.219 e. The third-order valence-corrected chi connectivity index (χ3v) is 3.08. The number of hydrogen-bond acceptors (Lipinski definition) is 3. The number of anilines is 1. The van der Waals surface area contributed by atoms with Crippen molar-refractivity contribution < 1.29 is 4.74 Å². The van der Waals surface area contributed by atoms with Crippen molar-refractivity contribution in [2.45, 2.75) is 27.7 Å².